The summed E-state index contributed by atoms with van der Waals surface area (Å²) in [5.74, 6) is 0.209. The van der Waals surface area contributed by atoms with Crippen molar-refractivity contribution in [2.45, 2.75) is 25.3 Å². The van der Waals surface area contributed by atoms with Crippen molar-refractivity contribution in [1.29, 1.82) is 0 Å². The molecule has 0 unspecified atom stereocenters. The van der Waals surface area contributed by atoms with Crippen LogP contribution in [0, 0.1) is 0 Å². The molecule has 0 spiro atoms. The Hall–Kier alpha value is -4.33. The Bertz CT molecular complexity index is 1420. The van der Waals surface area contributed by atoms with E-state index >= 15 is 0 Å². The van der Waals surface area contributed by atoms with Crippen molar-refractivity contribution in [3.63, 3.8) is 0 Å². The van der Waals surface area contributed by atoms with Gasteiger partial charge in [0.15, 0.2) is 0 Å². The normalized spacial score (nSPS) is 13.3. The van der Waals surface area contributed by atoms with Crippen LogP contribution in [0.15, 0.2) is 77.8 Å². The fourth-order valence-electron chi connectivity index (χ4n) is 3.92. The number of carbonyl (C=O) groups is 1. The fraction of sp³-hybridized carbons (Fsp3) is 0.160. The third-order valence-electron chi connectivity index (χ3n) is 5.83. The highest BCUT2D eigenvalue weighted by atomic mass is 16.5. The lowest BCUT2D eigenvalue weighted by atomic mass is 10.0. The lowest BCUT2D eigenvalue weighted by molar-refractivity contribution is 0.0952. The smallest absolute Gasteiger partial charge is 0.259 e. The van der Waals surface area contributed by atoms with Gasteiger partial charge in [0, 0.05) is 23.7 Å². The van der Waals surface area contributed by atoms with E-state index in [0.29, 0.717) is 34.8 Å². The van der Waals surface area contributed by atoms with Gasteiger partial charge in [-0.1, -0.05) is 47.6 Å². The summed E-state index contributed by atoms with van der Waals surface area (Å²) in [6.45, 7) is 0.394. The Morgan fingerprint density at radius 3 is 2.64 bits per heavy atom. The van der Waals surface area contributed by atoms with Crippen molar-refractivity contribution in [3.05, 3.63) is 90.1 Å². The van der Waals surface area contributed by atoms with Crippen LogP contribution in [0.4, 0.5) is 0 Å². The first kappa shape index (κ1) is 19.4. The Balaban J connectivity index is 1.30. The Morgan fingerprint density at radius 1 is 1.09 bits per heavy atom. The number of nitrogens with zero attached hydrogens (tertiary/aromatic N) is 5. The number of benzene rings is 2. The summed E-state index contributed by atoms with van der Waals surface area (Å²) in [5, 5.41) is 12.1. The summed E-state index contributed by atoms with van der Waals surface area (Å²) < 4.78 is 7.26. The summed E-state index contributed by atoms with van der Waals surface area (Å²) in [5.41, 5.74) is 5.23. The largest absolute Gasteiger partial charge is 0.348 e. The maximum absolute atomic E-state index is 13.3. The van der Waals surface area contributed by atoms with Crippen LogP contribution in [0.2, 0.25) is 0 Å². The summed E-state index contributed by atoms with van der Waals surface area (Å²) in [4.78, 5) is 22.0. The molecule has 5 aromatic rings. The Labute approximate surface area is 189 Å². The van der Waals surface area contributed by atoms with Crippen LogP contribution in [-0.2, 0) is 6.54 Å². The van der Waals surface area contributed by atoms with Gasteiger partial charge < -0.3 is 9.84 Å². The van der Waals surface area contributed by atoms with E-state index in [2.05, 4.69) is 25.5 Å². The van der Waals surface area contributed by atoms with Gasteiger partial charge in [0.25, 0.3) is 11.6 Å². The molecular weight excluding hydrogens is 416 g/mol. The molecule has 1 aliphatic carbocycles. The number of pyridine rings is 1. The minimum Gasteiger partial charge on any atom is -0.348 e. The van der Waals surface area contributed by atoms with Crippen LogP contribution in [0.3, 0.4) is 0 Å². The molecular formula is C25H20N6O2. The second-order valence-electron chi connectivity index (χ2n) is 8.14. The van der Waals surface area contributed by atoms with E-state index < -0.39 is 0 Å². The van der Waals surface area contributed by atoms with Crippen molar-refractivity contribution in [1.82, 2.24) is 30.2 Å². The Morgan fingerprint density at radius 2 is 1.91 bits per heavy atom. The average Bonchev–Trinajstić information content (AvgIpc) is 3.39. The molecule has 33 heavy (non-hydrogen) atoms. The topological polar surface area (TPSA) is 98.7 Å². The standard InChI is InChI=1S/C25H20N6O2/c32-24(27-13-16-6-10-19(11-7-16)31-15-26-14-28-31)20-12-21(17-8-9-17)29-25-22(20)23(30-33-25)18-4-2-1-3-5-18/h1-7,10-12,14-15,17H,8-9,13H2,(H,27,32). The predicted molar refractivity (Wildman–Crippen MR) is 122 cm³/mol. The van der Waals surface area contributed by atoms with Crippen LogP contribution in [0.25, 0.3) is 28.0 Å². The molecule has 3 aromatic heterocycles. The molecule has 1 saturated carbocycles. The number of aromatic nitrogens is 5. The van der Waals surface area contributed by atoms with Crippen LogP contribution >= 0.6 is 0 Å². The van der Waals surface area contributed by atoms with Gasteiger partial charge in [0.2, 0.25) is 0 Å². The second kappa shape index (κ2) is 7.98. The summed E-state index contributed by atoms with van der Waals surface area (Å²) >= 11 is 0. The zero-order chi connectivity index (χ0) is 22.2. The molecule has 6 rings (SSSR count). The van der Waals surface area contributed by atoms with Crippen molar-refractivity contribution in [3.8, 4) is 16.9 Å². The Kier molecular flexibility index (Phi) is 4.68. The van der Waals surface area contributed by atoms with Crippen LogP contribution in [-0.4, -0.2) is 30.8 Å². The first-order valence-corrected chi connectivity index (χ1v) is 10.8. The molecule has 0 atom stereocenters. The maximum atomic E-state index is 13.3. The number of fused-ring (bicyclic) bond motifs is 1. The molecule has 0 bridgehead atoms. The first-order valence-electron chi connectivity index (χ1n) is 10.8. The van der Waals surface area contributed by atoms with Crippen molar-refractivity contribution < 1.29 is 9.32 Å². The van der Waals surface area contributed by atoms with Gasteiger partial charge >= 0.3 is 0 Å². The second-order valence-corrected chi connectivity index (χ2v) is 8.14. The van der Waals surface area contributed by atoms with Gasteiger partial charge in [0.1, 0.15) is 18.3 Å². The minimum absolute atomic E-state index is 0.176. The van der Waals surface area contributed by atoms with Crippen LogP contribution < -0.4 is 5.32 Å². The summed E-state index contributed by atoms with van der Waals surface area (Å²) in [7, 11) is 0. The molecule has 8 nitrogen and oxygen atoms in total. The summed E-state index contributed by atoms with van der Waals surface area (Å²) in [6.07, 6.45) is 5.30. The van der Waals surface area contributed by atoms with E-state index in [1.807, 2.05) is 60.7 Å². The molecule has 2 aromatic carbocycles. The minimum atomic E-state index is -0.176. The molecule has 1 fully saturated rings. The first-order chi connectivity index (χ1) is 16.3. The molecule has 8 heteroatoms. The molecule has 0 saturated heterocycles. The third-order valence-corrected chi connectivity index (χ3v) is 5.83. The van der Waals surface area contributed by atoms with Gasteiger partial charge in [-0.3, -0.25) is 4.79 Å². The summed E-state index contributed by atoms with van der Waals surface area (Å²) in [6, 6.07) is 19.4. The average molecular weight is 436 g/mol. The number of nitrogens with one attached hydrogen (secondary N) is 1. The van der Waals surface area contributed by atoms with Crippen LogP contribution in [0.1, 0.15) is 40.4 Å². The van der Waals surface area contributed by atoms with E-state index in [9.17, 15) is 4.79 Å². The van der Waals surface area contributed by atoms with Gasteiger partial charge in [-0.25, -0.2) is 14.6 Å². The number of rotatable bonds is 6. The van der Waals surface area contributed by atoms with Gasteiger partial charge in [-0.2, -0.15) is 5.10 Å². The van der Waals surface area contributed by atoms with Crippen molar-refractivity contribution >= 4 is 17.0 Å². The van der Waals surface area contributed by atoms with Gasteiger partial charge in [0.05, 0.1) is 16.6 Å². The van der Waals surface area contributed by atoms with Crippen molar-refractivity contribution in [2.75, 3.05) is 0 Å². The zero-order valence-corrected chi connectivity index (χ0v) is 17.7. The van der Waals surface area contributed by atoms with E-state index in [1.165, 1.54) is 6.33 Å². The lowest BCUT2D eigenvalue weighted by Gasteiger charge is -2.09. The van der Waals surface area contributed by atoms with E-state index in [-0.39, 0.29) is 5.91 Å². The van der Waals surface area contributed by atoms with E-state index in [0.717, 1.165) is 35.3 Å². The number of hydrogen-bond donors (Lipinski definition) is 1. The van der Waals surface area contributed by atoms with Gasteiger partial charge in [-0.05, 0) is 36.6 Å². The molecule has 0 radical (unpaired) electrons. The zero-order valence-electron chi connectivity index (χ0n) is 17.7. The maximum Gasteiger partial charge on any atom is 0.259 e. The molecule has 1 amide bonds. The van der Waals surface area contributed by atoms with E-state index in [1.54, 1.807) is 11.0 Å². The number of hydrogen-bond acceptors (Lipinski definition) is 6. The highest BCUT2D eigenvalue weighted by molar-refractivity contribution is 6.09. The van der Waals surface area contributed by atoms with E-state index in [4.69, 9.17) is 4.52 Å². The molecule has 162 valence electrons. The molecule has 0 aliphatic heterocycles. The monoisotopic (exact) mass is 436 g/mol. The molecule has 1 N–H and O–H groups in total. The van der Waals surface area contributed by atoms with Crippen molar-refractivity contribution in [2.24, 2.45) is 0 Å². The number of carbonyl (C=O) groups excluding carboxylic acids is 1. The molecule has 1 aliphatic rings. The third kappa shape index (κ3) is 3.76. The van der Waals surface area contributed by atoms with Crippen LogP contribution in [0.5, 0.6) is 0 Å². The lowest BCUT2D eigenvalue weighted by Crippen LogP contribution is -2.23. The SMILES string of the molecule is O=C(NCc1ccc(-n2cncn2)cc1)c1cc(C2CC2)nc2onc(-c3ccccc3)c12. The van der Waals surface area contributed by atoms with Gasteiger partial charge in [-0.15, -0.1) is 0 Å². The fourth-order valence-corrected chi connectivity index (χ4v) is 3.92. The molecule has 3 heterocycles. The highest BCUT2D eigenvalue weighted by Gasteiger charge is 2.29. The quantitative estimate of drug-likeness (QED) is 0.427. The highest BCUT2D eigenvalue weighted by Crippen LogP contribution is 2.41. The number of amides is 1. The predicted octanol–water partition coefficient (Wildman–Crippen LogP) is 4.28.